The average molecular weight is 366 g/mol. The van der Waals surface area contributed by atoms with E-state index < -0.39 is 22.7 Å². The molecule has 0 saturated carbocycles. The van der Waals surface area contributed by atoms with Crippen molar-refractivity contribution < 1.29 is 22.8 Å². The predicted molar refractivity (Wildman–Crippen MR) is 85.9 cm³/mol. The van der Waals surface area contributed by atoms with Gasteiger partial charge in [-0.2, -0.15) is 13.2 Å². The fourth-order valence-electron chi connectivity index (χ4n) is 1.93. The standard InChI is InChI=1S/C15H19ClF3N3O2/c1-9(2)20-13(23)7-22(3)8-14(24)21-10-4-5-12(16)11(6-10)15(17,18)19/h4-6,9H,7-8H2,1-3H3,(H,20,23)(H,21,24). The van der Waals surface area contributed by atoms with Gasteiger partial charge in [-0.3, -0.25) is 14.5 Å². The quantitative estimate of drug-likeness (QED) is 0.815. The van der Waals surface area contributed by atoms with Gasteiger partial charge in [0, 0.05) is 11.7 Å². The number of hydrogen-bond acceptors (Lipinski definition) is 3. The molecule has 0 aliphatic heterocycles. The van der Waals surface area contributed by atoms with Crippen LogP contribution >= 0.6 is 11.6 Å². The SMILES string of the molecule is CC(C)NC(=O)CN(C)CC(=O)Nc1ccc(Cl)c(C(F)(F)F)c1. The second kappa shape index (κ2) is 8.34. The van der Waals surface area contributed by atoms with Gasteiger partial charge in [0.15, 0.2) is 0 Å². The van der Waals surface area contributed by atoms with Crippen LogP contribution in [-0.4, -0.2) is 42.9 Å². The van der Waals surface area contributed by atoms with Crippen LogP contribution in [0, 0.1) is 0 Å². The van der Waals surface area contributed by atoms with Gasteiger partial charge in [0.2, 0.25) is 11.8 Å². The lowest BCUT2D eigenvalue weighted by Gasteiger charge is -2.17. The second-order valence-corrected chi connectivity index (χ2v) is 6.04. The Morgan fingerprint density at radius 2 is 1.79 bits per heavy atom. The van der Waals surface area contributed by atoms with Crippen LogP contribution in [0.2, 0.25) is 5.02 Å². The van der Waals surface area contributed by atoms with Gasteiger partial charge in [-0.15, -0.1) is 0 Å². The number of halogens is 4. The van der Waals surface area contributed by atoms with Gasteiger partial charge in [-0.05, 0) is 39.1 Å². The number of carbonyl (C=O) groups is 2. The lowest BCUT2D eigenvalue weighted by Crippen LogP contribution is -2.41. The molecule has 0 radical (unpaired) electrons. The minimum atomic E-state index is -4.61. The van der Waals surface area contributed by atoms with E-state index in [4.69, 9.17) is 11.6 Å². The Bertz CT molecular complexity index is 606. The molecule has 9 heteroatoms. The smallest absolute Gasteiger partial charge is 0.353 e. The summed E-state index contributed by atoms with van der Waals surface area (Å²) in [5.41, 5.74) is -1.04. The highest BCUT2D eigenvalue weighted by Crippen LogP contribution is 2.36. The van der Waals surface area contributed by atoms with Crippen molar-refractivity contribution in [2.75, 3.05) is 25.5 Å². The molecule has 5 nitrogen and oxygen atoms in total. The zero-order chi connectivity index (χ0) is 18.5. The molecular formula is C15H19ClF3N3O2. The third-order valence-corrected chi connectivity index (χ3v) is 3.16. The van der Waals surface area contributed by atoms with E-state index in [-0.39, 0.29) is 30.7 Å². The van der Waals surface area contributed by atoms with Gasteiger partial charge in [0.05, 0.1) is 23.7 Å². The highest BCUT2D eigenvalue weighted by Gasteiger charge is 2.33. The first-order valence-electron chi connectivity index (χ1n) is 7.13. The van der Waals surface area contributed by atoms with E-state index in [0.717, 1.165) is 12.1 Å². The van der Waals surface area contributed by atoms with Gasteiger partial charge in [0.25, 0.3) is 0 Å². The first-order valence-corrected chi connectivity index (χ1v) is 7.51. The second-order valence-electron chi connectivity index (χ2n) is 5.64. The Labute approximate surface area is 143 Å². The summed E-state index contributed by atoms with van der Waals surface area (Å²) in [6.45, 7) is 3.47. The summed E-state index contributed by atoms with van der Waals surface area (Å²) in [4.78, 5) is 24.9. The molecule has 0 atom stereocenters. The number of likely N-dealkylation sites (N-methyl/N-ethyl adjacent to an activating group) is 1. The summed E-state index contributed by atoms with van der Waals surface area (Å²) in [5, 5.41) is 4.59. The average Bonchev–Trinajstić information content (AvgIpc) is 2.38. The number of nitrogens with one attached hydrogen (secondary N) is 2. The first-order chi connectivity index (χ1) is 11.0. The van der Waals surface area contributed by atoms with Crippen molar-refractivity contribution in [3.63, 3.8) is 0 Å². The fourth-order valence-corrected chi connectivity index (χ4v) is 2.16. The molecule has 0 spiro atoms. The summed E-state index contributed by atoms with van der Waals surface area (Å²) in [5.74, 6) is -0.781. The Balaban J connectivity index is 2.64. The van der Waals surface area contributed by atoms with E-state index in [1.54, 1.807) is 7.05 Å². The zero-order valence-electron chi connectivity index (χ0n) is 13.5. The van der Waals surface area contributed by atoms with Crippen LogP contribution in [0.25, 0.3) is 0 Å². The van der Waals surface area contributed by atoms with E-state index in [2.05, 4.69) is 10.6 Å². The summed E-state index contributed by atoms with van der Waals surface area (Å²) < 4.78 is 38.3. The van der Waals surface area contributed by atoms with Gasteiger partial charge in [-0.25, -0.2) is 0 Å². The Kier molecular flexibility index (Phi) is 7.04. The number of carbonyl (C=O) groups excluding carboxylic acids is 2. The predicted octanol–water partition coefficient (Wildman–Crippen LogP) is 2.75. The number of benzene rings is 1. The van der Waals surface area contributed by atoms with E-state index in [1.807, 2.05) is 13.8 Å². The Morgan fingerprint density at radius 1 is 1.21 bits per heavy atom. The molecule has 0 unspecified atom stereocenters. The minimum absolute atomic E-state index is 0.0000188. The van der Waals surface area contributed by atoms with E-state index >= 15 is 0 Å². The highest BCUT2D eigenvalue weighted by atomic mass is 35.5. The van der Waals surface area contributed by atoms with Crippen LogP contribution in [0.3, 0.4) is 0 Å². The van der Waals surface area contributed by atoms with Crippen LogP contribution < -0.4 is 10.6 Å². The molecule has 1 aromatic rings. The molecule has 2 amide bonds. The lowest BCUT2D eigenvalue weighted by molar-refractivity contribution is -0.137. The van der Waals surface area contributed by atoms with Crippen LogP contribution in [0.15, 0.2) is 18.2 Å². The fraction of sp³-hybridized carbons (Fsp3) is 0.467. The number of amides is 2. The van der Waals surface area contributed by atoms with E-state index in [9.17, 15) is 22.8 Å². The zero-order valence-corrected chi connectivity index (χ0v) is 14.3. The molecule has 0 aliphatic rings. The number of alkyl halides is 3. The van der Waals surface area contributed by atoms with Crippen molar-refractivity contribution in [2.24, 2.45) is 0 Å². The largest absolute Gasteiger partial charge is 0.417 e. The van der Waals surface area contributed by atoms with Gasteiger partial charge >= 0.3 is 6.18 Å². The van der Waals surface area contributed by atoms with Crippen LogP contribution in [0.1, 0.15) is 19.4 Å². The van der Waals surface area contributed by atoms with Crippen LogP contribution in [-0.2, 0) is 15.8 Å². The molecule has 0 fully saturated rings. The third-order valence-electron chi connectivity index (χ3n) is 2.83. The number of hydrogen-bond donors (Lipinski definition) is 2. The molecule has 0 saturated heterocycles. The van der Waals surface area contributed by atoms with Crippen molar-refractivity contribution >= 4 is 29.1 Å². The molecule has 1 rings (SSSR count). The number of rotatable bonds is 6. The lowest BCUT2D eigenvalue weighted by atomic mass is 10.2. The van der Waals surface area contributed by atoms with Crippen molar-refractivity contribution in [1.29, 1.82) is 0 Å². The van der Waals surface area contributed by atoms with E-state index in [0.29, 0.717) is 0 Å². The maximum absolute atomic E-state index is 12.8. The number of nitrogens with zero attached hydrogens (tertiary/aromatic N) is 1. The molecular weight excluding hydrogens is 347 g/mol. The molecule has 0 heterocycles. The van der Waals surface area contributed by atoms with Gasteiger partial charge in [-0.1, -0.05) is 11.6 Å². The topological polar surface area (TPSA) is 61.4 Å². The third kappa shape index (κ3) is 6.76. The van der Waals surface area contributed by atoms with Crippen LogP contribution in [0.4, 0.5) is 18.9 Å². The molecule has 0 aliphatic carbocycles. The monoisotopic (exact) mass is 365 g/mol. The summed E-state index contributed by atoms with van der Waals surface area (Å²) in [7, 11) is 1.56. The molecule has 0 aromatic heterocycles. The van der Waals surface area contributed by atoms with Crippen molar-refractivity contribution in [2.45, 2.75) is 26.1 Å². The van der Waals surface area contributed by atoms with Gasteiger partial charge < -0.3 is 10.6 Å². The number of anilines is 1. The molecule has 24 heavy (non-hydrogen) atoms. The van der Waals surface area contributed by atoms with Crippen molar-refractivity contribution in [3.05, 3.63) is 28.8 Å². The highest BCUT2D eigenvalue weighted by molar-refractivity contribution is 6.31. The minimum Gasteiger partial charge on any atom is -0.353 e. The molecule has 134 valence electrons. The van der Waals surface area contributed by atoms with Crippen molar-refractivity contribution in [3.8, 4) is 0 Å². The normalized spacial score (nSPS) is 11.7. The molecule has 1 aromatic carbocycles. The van der Waals surface area contributed by atoms with E-state index in [1.165, 1.54) is 11.0 Å². The van der Waals surface area contributed by atoms with Crippen LogP contribution in [0.5, 0.6) is 0 Å². The summed E-state index contributed by atoms with van der Waals surface area (Å²) in [6, 6.07) is 3.10. The Morgan fingerprint density at radius 3 is 2.33 bits per heavy atom. The first kappa shape index (κ1) is 20.2. The van der Waals surface area contributed by atoms with Gasteiger partial charge in [0.1, 0.15) is 0 Å². The molecule has 2 N–H and O–H groups in total. The Hall–Kier alpha value is -1.80. The summed E-state index contributed by atoms with van der Waals surface area (Å²) >= 11 is 5.52. The van der Waals surface area contributed by atoms with Crippen molar-refractivity contribution in [1.82, 2.24) is 10.2 Å². The maximum atomic E-state index is 12.8. The summed E-state index contributed by atoms with van der Waals surface area (Å²) in [6.07, 6.45) is -4.61. The maximum Gasteiger partial charge on any atom is 0.417 e. The molecule has 0 bridgehead atoms.